The van der Waals surface area contributed by atoms with Crippen LogP contribution in [0.3, 0.4) is 0 Å². The van der Waals surface area contributed by atoms with Gasteiger partial charge in [-0.15, -0.1) is 6.58 Å². The molecule has 0 radical (unpaired) electrons. The topological polar surface area (TPSA) is 47.3 Å². The highest BCUT2D eigenvalue weighted by molar-refractivity contribution is 5.31. The van der Waals surface area contributed by atoms with Crippen LogP contribution in [0.25, 0.3) is 0 Å². The molecule has 1 rings (SSSR count). The predicted octanol–water partition coefficient (Wildman–Crippen LogP) is 3.10. The number of aliphatic hydroxyl groups is 1. The zero-order valence-corrected chi connectivity index (χ0v) is 12.4. The molecule has 3 nitrogen and oxygen atoms in total. The monoisotopic (exact) mass is 272 g/mol. The van der Waals surface area contributed by atoms with Crippen LogP contribution in [0.15, 0.2) is 36.9 Å². The fourth-order valence-corrected chi connectivity index (χ4v) is 2.05. The van der Waals surface area contributed by atoms with E-state index in [4.69, 9.17) is 5.26 Å². The highest BCUT2D eigenvalue weighted by Gasteiger charge is 2.14. The minimum absolute atomic E-state index is 0.325. The molecule has 0 aromatic heterocycles. The Labute approximate surface area is 122 Å². The zero-order chi connectivity index (χ0) is 15.0. The Morgan fingerprint density at radius 1 is 1.35 bits per heavy atom. The van der Waals surface area contributed by atoms with Gasteiger partial charge >= 0.3 is 0 Å². The van der Waals surface area contributed by atoms with Gasteiger partial charge in [-0.05, 0) is 44.4 Å². The van der Waals surface area contributed by atoms with Gasteiger partial charge in [0, 0.05) is 19.1 Å². The average molecular weight is 272 g/mol. The van der Waals surface area contributed by atoms with E-state index in [0.29, 0.717) is 18.2 Å². The Bertz CT molecular complexity index is 445. The van der Waals surface area contributed by atoms with Gasteiger partial charge in [0.15, 0.2) is 0 Å². The van der Waals surface area contributed by atoms with E-state index in [9.17, 15) is 5.11 Å². The number of nitrogens with zero attached hydrogens (tertiary/aromatic N) is 2. The van der Waals surface area contributed by atoms with Crippen LogP contribution in [-0.2, 0) is 6.54 Å². The van der Waals surface area contributed by atoms with Crippen LogP contribution in [0.5, 0.6) is 0 Å². The van der Waals surface area contributed by atoms with Gasteiger partial charge in [0.2, 0.25) is 0 Å². The first-order chi connectivity index (χ1) is 9.56. The molecule has 1 unspecified atom stereocenters. The molecule has 108 valence electrons. The van der Waals surface area contributed by atoms with Crippen LogP contribution in [-0.4, -0.2) is 28.7 Å². The van der Waals surface area contributed by atoms with Crippen molar-refractivity contribution < 1.29 is 5.11 Å². The zero-order valence-electron chi connectivity index (χ0n) is 12.4. The average Bonchev–Trinajstić information content (AvgIpc) is 2.45. The summed E-state index contributed by atoms with van der Waals surface area (Å²) < 4.78 is 0. The van der Waals surface area contributed by atoms with E-state index in [2.05, 4.69) is 31.4 Å². The summed E-state index contributed by atoms with van der Waals surface area (Å²) in [5.74, 6) is 0. The van der Waals surface area contributed by atoms with Gasteiger partial charge in [-0.25, -0.2) is 0 Å². The molecule has 0 saturated heterocycles. The van der Waals surface area contributed by atoms with E-state index in [0.717, 1.165) is 24.9 Å². The van der Waals surface area contributed by atoms with Gasteiger partial charge in [-0.1, -0.05) is 18.2 Å². The van der Waals surface area contributed by atoms with E-state index in [1.807, 2.05) is 30.3 Å². The van der Waals surface area contributed by atoms with Gasteiger partial charge < -0.3 is 5.11 Å². The summed E-state index contributed by atoms with van der Waals surface area (Å²) >= 11 is 0. The number of nitriles is 1. The maximum atomic E-state index is 10.0. The number of aliphatic hydroxyl groups excluding tert-OH is 1. The molecule has 0 aliphatic heterocycles. The van der Waals surface area contributed by atoms with Crippen LogP contribution in [0.4, 0.5) is 0 Å². The Kier molecular flexibility index (Phi) is 7.00. The van der Waals surface area contributed by atoms with Crippen LogP contribution in [0.2, 0.25) is 0 Å². The van der Waals surface area contributed by atoms with Crippen molar-refractivity contribution in [2.45, 2.75) is 45.4 Å². The first-order valence-corrected chi connectivity index (χ1v) is 7.09. The third-order valence-electron chi connectivity index (χ3n) is 3.35. The van der Waals surface area contributed by atoms with Crippen molar-refractivity contribution in [2.24, 2.45) is 0 Å². The Morgan fingerprint density at radius 2 is 2.00 bits per heavy atom. The number of hydrogen-bond donors (Lipinski definition) is 1. The lowest BCUT2D eigenvalue weighted by atomic mass is 10.1. The van der Waals surface area contributed by atoms with Crippen molar-refractivity contribution >= 4 is 0 Å². The van der Waals surface area contributed by atoms with E-state index in [1.165, 1.54) is 0 Å². The Morgan fingerprint density at radius 3 is 2.50 bits per heavy atom. The highest BCUT2D eigenvalue weighted by Crippen LogP contribution is 2.12. The van der Waals surface area contributed by atoms with Crippen LogP contribution >= 0.6 is 0 Å². The molecule has 0 heterocycles. The summed E-state index contributed by atoms with van der Waals surface area (Å²) in [6.45, 7) is 9.38. The molecule has 0 aliphatic carbocycles. The van der Waals surface area contributed by atoms with Gasteiger partial charge in [0.1, 0.15) is 0 Å². The molecular formula is C17H24N2O. The van der Waals surface area contributed by atoms with Crippen LogP contribution in [0, 0.1) is 11.3 Å². The summed E-state index contributed by atoms with van der Waals surface area (Å²) in [6, 6.07) is 10.1. The Balaban J connectivity index is 2.62. The second kappa shape index (κ2) is 8.52. The first-order valence-electron chi connectivity index (χ1n) is 7.09. The van der Waals surface area contributed by atoms with Gasteiger partial charge in [-0.3, -0.25) is 4.90 Å². The van der Waals surface area contributed by atoms with Crippen molar-refractivity contribution in [1.82, 2.24) is 4.90 Å². The van der Waals surface area contributed by atoms with Crippen molar-refractivity contribution in [1.29, 1.82) is 5.26 Å². The molecule has 0 saturated carbocycles. The minimum atomic E-state index is -0.325. The summed E-state index contributed by atoms with van der Waals surface area (Å²) in [7, 11) is 0. The minimum Gasteiger partial charge on any atom is -0.392 e. The number of benzene rings is 1. The largest absolute Gasteiger partial charge is 0.392 e. The fraction of sp³-hybridized carbons (Fsp3) is 0.471. The predicted molar refractivity (Wildman–Crippen MR) is 82.1 cm³/mol. The number of allylic oxidation sites excluding steroid dienone is 1. The normalized spacial score (nSPS) is 12.4. The first kappa shape index (κ1) is 16.4. The van der Waals surface area contributed by atoms with Crippen molar-refractivity contribution in [3.63, 3.8) is 0 Å². The quantitative estimate of drug-likeness (QED) is 0.740. The molecule has 1 aromatic rings. The van der Waals surface area contributed by atoms with E-state index in [1.54, 1.807) is 0 Å². The van der Waals surface area contributed by atoms with E-state index < -0.39 is 0 Å². The third-order valence-corrected chi connectivity index (χ3v) is 3.35. The molecule has 0 amide bonds. The second-order valence-corrected chi connectivity index (χ2v) is 5.35. The summed E-state index contributed by atoms with van der Waals surface area (Å²) in [6.07, 6.45) is 3.10. The Hall–Kier alpha value is -1.63. The SMILES string of the molecule is C=CCCC(O)CN(Cc1ccc(C#N)cc1)C(C)C. The smallest absolute Gasteiger partial charge is 0.0991 e. The van der Waals surface area contributed by atoms with E-state index >= 15 is 0 Å². The maximum absolute atomic E-state index is 10.0. The summed E-state index contributed by atoms with van der Waals surface area (Å²) in [5.41, 5.74) is 1.84. The molecule has 1 atom stereocenters. The van der Waals surface area contributed by atoms with Crippen LogP contribution in [0.1, 0.15) is 37.8 Å². The summed E-state index contributed by atoms with van der Waals surface area (Å²) in [5, 5.41) is 18.8. The van der Waals surface area contributed by atoms with E-state index in [-0.39, 0.29) is 6.10 Å². The standard InChI is InChI=1S/C17H24N2O/c1-4-5-6-17(20)13-19(14(2)3)12-16-9-7-15(11-18)8-10-16/h4,7-10,14,17,20H,1,5-6,12-13H2,2-3H3. The summed E-state index contributed by atoms with van der Waals surface area (Å²) in [4.78, 5) is 2.25. The lowest BCUT2D eigenvalue weighted by Gasteiger charge is -2.28. The van der Waals surface area contributed by atoms with Gasteiger partial charge in [-0.2, -0.15) is 5.26 Å². The lowest BCUT2D eigenvalue weighted by Crippen LogP contribution is -2.37. The van der Waals surface area contributed by atoms with Crippen molar-refractivity contribution in [2.75, 3.05) is 6.54 Å². The molecule has 1 N–H and O–H groups in total. The van der Waals surface area contributed by atoms with Crippen LogP contribution < -0.4 is 0 Å². The maximum Gasteiger partial charge on any atom is 0.0991 e. The molecule has 0 aliphatic rings. The molecule has 1 aromatic carbocycles. The lowest BCUT2D eigenvalue weighted by molar-refractivity contribution is 0.0855. The molecule has 0 bridgehead atoms. The molecular weight excluding hydrogens is 248 g/mol. The number of hydrogen-bond acceptors (Lipinski definition) is 3. The second-order valence-electron chi connectivity index (χ2n) is 5.35. The molecule has 3 heteroatoms. The molecule has 0 fully saturated rings. The third kappa shape index (κ3) is 5.56. The van der Waals surface area contributed by atoms with Gasteiger partial charge in [0.05, 0.1) is 17.7 Å². The number of rotatable bonds is 8. The molecule has 0 spiro atoms. The highest BCUT2D eigenvalue weighted by atomic mass is 16.3. The van der Waals surface area contributed by atoms with Crippen molar-refractivity contribution in [3.8, 4) is 6.07 Å². The van der Waals surface area contributed by atoms with Crippen molar-refractivity contribution in [3.05, 3.63) is 48.0 Å². The fourth-order valence-electron chi connectivity index (χ4n) is 2.05. The molecule has 20 heavy (non-hydrogen) atoms. The van der Waals surface area contributed by atoms with Gasteiger partial charge in [0.25, 0.3) is 0 Å².